The van der Waals surface area contributed by atoms with Crippen LogP contribution in [0.3, 0.4) is 0 Å². The van der Waals surface area contributed by atoms with Crippen LogP contribution in [-0.4, -0.2) is 53.5 Å². The first-order valence-electron chi connectivity index (χ1n) is 10.5. The molecule has 2 aliphatic rings. The fourth-order valence-corrected chi connectivity index (χ4v) is 4.27. The third kappa shape index (κ3) is 3.73. The van der Waals surface area contributed by atoms with Crippen molar-refractivity contribution in [2.75, 3.05) is 42.5 Å². The molecule has 0 bridgehead atoms. The highest BCUT2D eigenvalue weighted by molar-refractivity contribution is 5.92. The van der Waals surface area contributed by atoms with Crippen molar-refractivity contribution in [3.05, 3.63) is 83.8 Å². The lowest BCUT2D eigenvalue weighted by molar-refractivity contribution is 0.0729. The summed E-state index contributed by atoms with van der Waals surface area (Å²) in [5.74, 6) is 1.04. The number of pyridine rings is 2. The van der Waals surface area contributed by atoms with Crippen molar-refractivity contribution in [1.82, 2.24) is 14.9 Å². The predicted octanol–water partition coefficient (Wildman–Crippen LogP) is 3.00. The van der Waals surface area contributed by atoms with E-state index in [4.69, 9.17) is 0 Å². The van der Waals surface area contributed by atoms with Gasteiger partial charge in [-0.1, -0.05) is 30.3 Å². The molecule has 6 nitrogen and oxygen atoms in total. The zero-order valence-electron chi connectivity index (χ0n) is 16.9. The first kappa shape index (κ1) is 18.6. The van der Waals surface area contributed by atoms with Crippen LogP contribution in [0.1, 0.15) is 21.6 Å². The Bertz CT molecular complexity index is 1010. The number of piperazine rings is 1. The van der Waals surface area contributed by atoms with Gasteiger partial charge in [-0.2, -0.15) is 0 Å². The number of nitrogens with zero attached hydrogens (tertiary/aromatic N) is 5. The molecular formula is C24H25N5O. The molecule has 152 valence electrons. The van der Waals surface area contributed by atoms with Gasteiger partial charge in [0, 0.05) is 45.5 Å². The van der Waals surface area contributed by atoms with Crippen molar-refractivity contribution in [2.45, 2.75) is 13.0 Å². The van der Waals surface area contributed by atoms with Crippen molar-refractivity contribution in [3.8, 4) is 0 Å². The molecule has 2 aromatic heterocycles. The maximum Gasteiger partial charge on any atom is 0.272 e. The number of fused-ring (bicyclic) bond motifs is 1. The van der Waals surface area contributed by atoms with Crippen LogP contribution in [0.4, 0.5) is 11.5 Å². The van der Waals surface area contributed by atoms with E-state index in [1.807, 2.05) is 47.6 Å². The van der Waals surface area contributed by atoms with E-state index in [1.54, 1.807) is 0 Å². The summed E-state index contributed by atoms with van der Waals surface area (Å²) in [5, 5.41) is 0. The number of amides is 1. The van der Waals surface area contributed by atoms with E-state index in [1.165, 1.54) is 11.1 Å². The van der Waals surface area contributed by atoms with Gasteiger partial charge in [0.05, 0.1) is 11.9 Å². The Kier molecular flexibility index (Phi) is 5.05. The highest BCUT2D eigenvalue weighted by Gasteiger charge is 2.23. The summed E-state index contributed by atoms with van der Waals surface area (Å²) in [7, 11) is 0. The SMILES string of the molecule is O=C(c1ccc(N2CCN(c3ccccn3)CC2)cn1)N1CCc2ccccc2C1. The van der Waals surface area contributed by atoms with Crippen LogP contribution in [0.5, 0.6) is 0 Å². The lowest BCUT2D eigenvalue weighted by Gasteiger charge is -2.36. The van der Waals surface area contributed by atoms with Crippen LogP contribution in [0.25, 0.3) is 0 Å². The standard InChI is InChI=1S/C24H25N5O/c30-24(29-12-10-19-5-1-2-6-20(19)18-29)22-9-8-21(17-26-22)27-13-15-28(16-14-27)23-7-3-4-11-25-23/h1-9,11,17H,10,12-16,18H2. The van der Waals surface area contributed by atoms with Gasteiger partial charge in [-0.15, -0.1) is 0 Å². The van der Waals surface area contributed by atoms with Crippen molar-refractivity contribution in [2.24, 2.45) is 0 Å². The molecule has 3 aromatic rings. The molecule has 0 aliphatic carbocycles. The third-order valence-corrected chi connectivity index (χ3v) is 6.00. The van der Waals surface area contributed by atoms with Crippen LogP contribution < -0.4 is 9.80 Å². The van der Waals surface area contributed by atoms with Crippen molar-refractivity contribution < 1.29 is 4.79 Å². The van der Waals surface area contributed by atoms with E-state index in [9.17, 15) is 4.79 Å². The monoisotopic (exact) mass is 399 g/mol. The molecule has 0 unspecified atom stereocenters. The topological polar surface area (TPSA) is 52.6 Å². The first-order valence-corrected chi connectivity index (χ1v) is 10.5. The number of carbonyl (C=O) groups excluding carboxylic acids is 1. The van der Waals surface area contributed by atoms with Gasteiger partial charge in [0.25, 0.3) is 5.91 Å². The number of carbonyl (C=O) groups is 1. The molecule has 1 aromatic carbocycles. The zero-order chi connectivity index (χ0) is 20.3. The fraction of sp³-hybridized carbons (Fsp3) is 0.292. The number of anilines is 2. The number of benzene rings is 1. The van der Waals surface area contributed by atoms with E-state index in [0.717, 1.165) is 50.6 Å². The number of aromatic nitrogens is 2. The van der Waals surface area contributed by atoms with Gasteiger partial charge in [-0.25, -0.2) is 9.97 Å². The van der Waals surface area contributed by atoms with E-state index < -0.39 is 0 Å². The maximum absolute atomic E-state index is 12.9. The molecule has 1 fully saturated rings. The Labute approximate surface area is 176 Å². The van der Waals surface area contributed by atoms with E-state index in [2.05, 4.69) is 44.0 Å². The molecule has 0 atom stereocenters. The highest BCUT2D eigenvalue weighted by Crippen LogP contribution is 2.22. The second kappa shape index (κ2) is 8.14. The normalized spacial score (nSPS) is 16.3. The van der Waals surface area contributed by atoms with Crippen LogP contribution in [0.15, 0.2) is 67.0 Å². The average molecular weight is 399 g/mol. The molecule has 30 heavy (non-hydrogen) atoms. The van der Waals surface area contributed by atoms with Gasteiger partial charge in [0.1, 0.15) is 11.5 Å². The van der Waals surface area contributed by atoms with Crippen LogP contribution in [0, 0.1) is 0 Å². The molecule has 4 heterocycles. The molecule has 6 heteroatoms. The minimum absolute atomic E-state index is 0.0102. The van der Waals surface area contributed by atoms with E-state index >= 15 is 0 Å². The zero-order valence-corrected chi connectivity index (χ0v) is 16.9. The van der Waals surface area contributed by atoms with Gasteiger partial charge in [0.2, 0.25) is 0 Å². The summed E-state index contributed by atoms with van der Waals surface area (Å²) >= 11 is 0. The third-order valence-electron chi connectivity index (χ3n) is 6.00. The summed E-state index contributed by atoms with van der Waals surface area (Å²) < 4.78 is 0. The summed E-state index contributed by atoms with van der Waals surface area (Å²) in [4.78, 5) is 28.4. The highest BCUT2D eigenvalue weighted by atomic mass is 16.2. The second-order valence-corrected chi connectivity index (χ2v) is 7.81. The fourth-order valence-electron chi connectivity index (χ4n) is 4.27. The molecule has 5 rings (SSSR count). The Morgan fingerprint density at radius 3 is 2.27 bits per heavy atom. The Balaban J connectivity index is 1.21. The predicted molar refractivity (Wildman–Crippen MR) is 118 cm³/mol. The Hall–Kier alpha value is -3.41. The summed E-state index contributed by atoms with van der Waals surface area (Å²) in [6.45, 7) is 5.07. The van der Waals surface area contributed by atoms with Gasteiger partial charge >= 0.3 is 0 Å². The van der Waals surface area contributed by atoms with Crippen molar-refractivity contribution in [3.63, 3.8) is 0 Å². The Morgan fingerprint density at radius 1 is 0.767 bits per heavy atom. The van der Waals surface area contributed by atoms with Gasteiger partial charge < -0.3 is 14.7 Å². The molecule has 0 N–H and O–H groups in total. The average Bonchev–Trinajstić information content (AvgIpc) is 2.84. The largest absolute Gasteiger partial charge is 0.367 e. The molecule has 0 saturated carbocycles. The van der Waals surface area contributed by atoms with Crippen LogP contribution >= 0.6 is 0 Å². The quantitative estimate of drug-likeness (QED) is 0.678. The van der Waals surface area contributed by atoms with E-state index in [-0.39, 0.29) is 5.91 Å². The Morgan fingerprint density at radius 2 is 1.53 bits per heavy atom. The molecule has 0 radical (unpaired) electrons. The van der Waals surface area contributed by atoms with Gasteiger partial charge in [-0.05, 0) is 41.8 Å². The number of rotatable bonds is 3. The minimum Gasteiger partial charge on any atom is -0.367 e. The maximum atomic E-state index is 12.9. The van der Waals surface area contributed by atoms with Crippen LogP contribution in [0.2, 0.25) is 0 Å². The molecular weight excluding hydrogens is 374 g/mol. The molecule has 0 spiro atoms. The molecule has 1 amide bonds. The van der Waals surface area contributed by atoms with Crippen molar-refractivity contribution >= 4 is 17.4 Å². The number of hydrogen-bond acceptors (Lipinski definition) is 5. The van der Waals surface area contributed by atoms with Crippen LogP contribution in [-0.2, 0) is 13.0 Å². The summed E-state index contributed by atoms with van der Waals surface area (Å²) in [6, 6.07) is 18.3. The molecule has 1 saturated heterocycles. The van der Waals surface area contributed by atoms with Gasteiger partial charge in [0.15, 0.2) is 0 Å². The summed E-state index contributed by atoms with van der Waals surface area (Å²) in [6.07, 6.45) is 4.57. The summed E-state index contributed by atoms with van der Waals surface area (Å²) in [5.41, 5.74) is 4.16. The molecule has 2 aliphatic heterocycles. The van der Waals surface area contributed by atoms with Gasteiger partial charge in [-0.3, -0.25) is 4.79 Å². The number of hydrogen-bond donors (Lipinski definition) is 0. The first-order chi connectivity index (χ1) is 14.8. The lowest BCUT2D eigenvalue weighted by Crippen LogP contribution is -2.46. The minimum atomic E-state index is 0.0102. The second-order valence-electron chi connectivity index (χ2n) is 7.81. The van der Waals surface area contributed by atoms with Crippen molar-refractivity contribution in [1.29, 1.82) is 0 Å². The van der Waals surface area contributed by atoms with E-state index in [0.29, 0.717) is 12.2 Å². The lowest BCUT2D eigenvalue weighted by atomic mass is 10.00. The smallest absolute Gasteiger partial charge is 0.272 e.